The van der Waals surface area contributed by atoms with E-state index in [4.69, 9.17) is 15.9 Å². The molecule has 1 aromatic carbocycles. The van der Waals surface area contributed by atoms with E-state index in [1.807, 2.05) is 13.8 Å². The molecule has 1 rings (SSSR count). The quantitative estimate of drug-likeness (QED) is 0.636. The number of rotatable bonds is 8. The minimum atomic E-state index is -0.609. The van der Waals surface area contributed by atoms with E-state index in [-0.39, 0.29) is 13.2 Å². The number of carbonyl (C=O) groups is 1. The molecule has 0 aliphatic heterocycles. The van der Waals surface area contributed by atoms with Crippen LogP contribution in [0, 0.1) is 12.3 Å². The van der Waals surface area contributed by atoms with Crippen molar-refractivity contribution in [2.24, 2.45) is 0 Å². The average molecular weight is 306 g/mol. The molecule has 1 amide bonds. The molecular weight excluding hydrogens is 284 g/mol. The lowest BCUT2D eigenvalue weighted by Gasteiger charge is -2.15. The highest BCUT2D eigenvalue weighted by Crippen LogP contribution is 2.16. The molecule has 0 spiro atoms. The van der Waals surface area contributed by atoms with Crippen molar-refractivity contribution in [2.75, 3.05) is 25.1 Å². The van der Waals surface area contributed by atoms with Gasteiger partial charge in [0.1, 0.15) is 18.5 Å². The number of benzene rings is 1. The first-order valence-electron chi connectivity index (χ1n) is 7.02. The maximum Gasteiger partial charge on any atom is 0.412 e. The van der Waals surface area contributed by atoms with Gasteiger partial charge in [0.15, 0.2) is 6.61 Å². The van der Waals surface area contributed by atoms with E-state index in [0.29, 0.717) is 24.0 Å². The molecule has 0 radical (unpaired) electrons. The highest BCUT2D eigenvalue weighted by Gasteiger charge is 2.06. The van der Waals surface area contributed by atoms with Crippen molar-refractivity contribution >= 4 is 11.8 Å². The lowest BCUT2D eigenvalue weighted by atomic mass is 10.3. The Labute approximate surface area is 130 Å². The third kappa shape index (κ3) is 7.53. The van der Waals surface area contributed by atoms with Gasteiger partial charge in [-0.15, -0.1) is 6.42 Å². The number of hydrogen-bond acceptors (Lipinski definition) is 5. The highest BCUT2D eigenvalue weighted by molar-refractivity contribution is 5.84. The molecule has 0 aliphatic rings. The van der Waals surface area contributed by atoms with Crippen LogP contribution in [0.5, 0.6) is 5.75 Å². The smallest absolute Gasteiger partial charge is 0.412 e. The molecule has 0 aromatic heterocycles. The van der Waals surface area contributed by atoms with Crippen molar-refractivity contribution in [2.45, 2.75) is 26.0 Å². The number of carbonyl (C=O) groups excluding carboxylic acids is 1. The van der Waals surface area contributed by atoms with Crippen LogP contribution >= 0.6 is 0 Å². The predicted octanol–water partition coefficient (Wildman–Crippen LogP) is 1.61. The summed E-state index contributed by atoms with van der Waals surface area (Å²) in [6, 6.07) is 7.05. The van der Waals surface area contributed by atoms with Gasteiger partial charge in [-0.1, -0.05) is 19.8 Å². The van der Waals surface area contributed by atoms with Crippen molar-refractivity contribution in [3.63, 3.8) is 0 Å². The standard InChI is InChI=1S/C16H22N2O4/c1-4-9-21-16(20)18-13-5-7-15(8-6-13)22-11-14(19)10-17-12(2)3/h1,5-8,12,14,17,19H,9-11H2,2-3H3,(H,18,20). The zero-order chi connectivity index (χ0) is 16.4. The number of aliphatic hydroxyl groups is 1. The van der Waals surface area contributed by atoms with Gasteiger partial charge in [0.25, 0.3) is 0 Å². The van der Waals surface area contributed by atoms with Crippen LogP contribution in [0.3, 0.4) is 0 Å². The van der Waals surface area contributed by atoms with E-state index in [9.17, 15) is 9.90 Å². The number of anilines is 1. The van der Waals surface area contributed by atoms with E-state index in [2.05, 4.69) is 16.6 Å². The Balaban J connectivity index is 2.35. The first-order chi connectivity index (χ1) is 10.5. The van der Waals surface area contributed by atoms with E-state index < -0.39 is 12.2 Å². The molecule has 3 N–H and O–H groups in total. The summed E-state index contributed by atoms with van der Waals surface area (Å²) in [5.74, 6) is 2.81. The molecule has 0 fully saturated rings. The van der Waals surface area contributed by atoms with Gasteiger partial charge in [-0.25, -0.2) is 4.79 Å². The maximum atomic E-state index is 11.3. The molecule has 0 saturated heterocycles. The molecule has 1 unspecified atom stereocenters. The van der Waals surface area contributed by atoms with E-state index in [0.717, 1.165) is 0 Å². The first kappa shape index (κ1) is 17.8. The van der Waals surface area contributed by atoms with Gasteiger partial charge in [0.05, 0.1) is 0 Å². The lowest BCUT2D eigenvalue weighted by molar-refractivity contribution is 0.104. The molecule has 0 heterocycles. The Bertz CT molecular complexity index is 494. The summed E-state index contributed by atoms with van der Waals surface area (Å²) < 4.78 is 10.2. The van der Waals surface area contributed by atoms with Crippen molar-refractivity contribution in [1.29, 1.82) is 0 Å². The molecule has 6 nitrogen and oxygen atoms in total. The van der Waals surface area contributed by atoms with Crippen molar-refractivity contribution in [3.8, 4) is 18.1 Å². The van der Waals surface area contributed by atoms with Crippen LogP contribution in [-0.4, -0.2) is 43.1 Å². The zero-order valence-electron chi connectivity index (χ0n) is 12.8. The summed E-state index contributed by atoms with van der Waals surface area (Å²) in [4.78, 5) is 11.3. The number of amides is 1. The molecule has 0 saturated carbocycles. The molecule has 0 bridgehead atoms. The van der Waals surface area contributed by atoms with Crippen LogP contribution < -0.4 is 15.4 Å². The molecule has 1 aromatic rings. The van der Waals surface area contributed by atoms with E-state index in [1.165, 1.54) is 0 Å². The fourth-order valence-corrected chi connectivity index (χ4v) is 1.52. The summed E-state index contributed by atoms with van der Waals surface area (Å²) >= 11 is 0. The second kappa shape index (κ2) is 9.66. The second-order valence-corrected chi connectivity index (χ2v) is 4.96. The van der Waals surface area contributed by atoms with Crippen molar-refractivity contribution < 1.29 is 19.4 Å². The third-order valence-corrected chi connectivity index (χ3v) is 2.59. The number of nitrogens with one attached hydrogen (secondary N) is 2. The third-order valence-electron chi connectivity index (χ3n) is 2.59. The average Bonchev–Trinajstić information content (AvgIpc) is 2.50. The SMILES string of the molecule is C#CCOC(=O)Nc1ccc(OCC(O)CNC(C)C)cc1. The molecule has 22 heavy (non-hydrogen) atoms. The van der Waals surface area contributed by atoms with Crippen LogP contribution in [0.1, 0.15) is 13.8 Å². The predicted molar refractivity (Wildman–Crippen MR) is 84.9 cm³/mol. The fraction of sp³-hybridized carbons (Fsp3) is 0.438. The Morgan fingerprint density at radius 3 is 2.64 bits per heavy atom. The van der Waals surface area contributed by atoms with Gasteiger partial charge in [0, 0.05) is 18.3 Å². The Morgan fingerprint density at radius 2 is 2.05 bits per heavy atom. The summed E-state index contributed by atoms with van der Waals surface area (Å²) in [7, 11) is 0. The minimum Gasteiger partial charge on any atom is -0.491 e. The minimum absolute atomic E-state index is 0.0741. The summed E-state index contributed by atoms with van der Waals surface area (Å²) in [6.45, 7) is 4.60. The van der Waals surface area contributed by atoms with Gasteiger partial charge < -0.3 is 19.9 Å². The number of terminal acetylenes is 1. The van der Waals surface area contributed by atoms with E-state index in [1.54, 1.807) is 24.3 Å². The first-order valence-corrected chi connectivity index (χ1v) is 7.02. The number of hydrogen-bond donors (Lipinski definition) is 3. The lowest BCUT2D eigenvalue weighted by Crippen LogP contribution is -2.35. The van der Waals surface area contributed by atoms with Crippen LogP contribution in [-0.2, 0) is 4.74 Å². The second-order valence-electron chi connectivity index (χ2n) is 4.96. The maximum absolute atomic E-state index is 11.3. The number of aliphatic hydroxyl groups excluding tert-OH is 1. The van der Waals surface area contributed by atoms with Crippen LogP contribution in [0.25, 0.3) is 0 Å². The van der Waals surface area contributed by atoms with Gasteiger partial charge in [-0.05, 0) is 24.3 Å². The van der Waals surface area contributed by atoms with Gasteiger partial charge >= 0.3 is 6.09 Å². The molecule has 0 aliphatic carbocycles. The largest absolute Gasteiger partial charge is 0.491 e. The highest BCUT2D eigenvalue weighted by atomic mass is 16.5. The summed E-state index contributed by atoms with van der Waals surface area (Å²) in [5, 5.41) is 15.4. The van der Waals surface area contributed by atoms with E-state index >= 15 is 0 Å². The van der Waals surface area contributed by atoms with Gasteiger partial charge in [-0.3, -0.25) is 5.32 Å². The molecule has 120 valence electrons. The van der Waals surface area contributed by atoms with Gasteiger partial charge in [0.2, 0.25) is 0 Å². The molecule has 1 atom stereocenters. The van der Waals surface area contributed by atoms with Crippen molar-refractivity contribution in [3.05, 3.63) is 24.3 Å². The Hall–Kier alpha value is -2.23. The fourth-order valence-electron chi connectivity index (χ4n) is 1.52. The summed E-state index contributed by atoms with van der Waals surface area (Å²) in [6.07, 6.45) is 3.80. The topological polar surface area (TPSA) is 79.8 Å². The monoisotopic (exact) mass is 306 g/mol. The van der Waals surface area contributed by atoms with Crippen LogP contribution in [0.2, 0.25) is 0 Å². The molecule has 6 heteroatoms. The van der Waals surface area contributed by atoms with Crippen molar-refractivity contribution in [1.82, 2.24) is 5.32 Å². The zero-order valence-corrected chi connectivity index (χ0v) is 12.8. The number of ether oxygens (including phenoxy) is 2. The van der Waals surface area contributed by atoms with Crippen LogP contribution in [0.4, 0.5) is 10.5 Å². The Morgan fingerprint density at radius 1 is 1.36 bits per heavy atom. The van der Waals surface area contributed by atoms with Crippen LogP contribution in [0.15, 0.2) is 24.3 Å². The normalized spacial score (nSPS) is 11.6. The Kier molecular flexibility index (Phi) is 7.83. The summed E-state index contributed by atoms with van der Waals surface area (Å²) in [5.41, 5.74) is 0.566. The molecular formula is C16H22N2O4. The van der Waals surface area contributed by atoms with Gasteiger partial charge in [-0.2, -0.15) is 0 Å².